The first kappa shape index (κ1) is 8.09. The van der Waals surface area contributed by atoms with Crippen LogP contribution in [-0.2, 0) is 4.79 Å². The minimum Gasteiger partial charge on any atom is -0.306 e. The predicted molar refractivity (Wildman–Crippen MR) is 48.0 cm³/mol. The third-order valence-electron chi connectivity index (χ3n) is 1.60. The summed E-state index contributed by atoms with van der Waals surface area (Å²) in [5, 5.41) is 0.475. The van der Waals surface area contributed by atoms with Crippen molar-refractivity contribution in [2.24, 2.45) is 0 Å². The van der Waals surface area contributed by atoms with Crippen molar-refractivity contribution in [3.63, 3.8) is 0 Å². The fourth-order valence-corrected chi connectivity index (χ4v) is 2.07. The summed E-state index contributed by atoms with van der Waals surface area (Å²) in [6.45, 7) is 0. The molecule has 0 aliphatic carbocycles. The van der Waals surface area contributed by atoms with Crippen molar-refractivity contribution in [3.8, 4) is 0 Å². The van der Waals surface area contributed by atoms with Gasteiger partial charge in [-0.25, -0.2) is 0 Å². The molecule has 1 amide bonds. The number of hydrogen-bond acceptors (Lipinski definition) is 2. The van der Waals surface area contributed by atoms with Crippen LogP contribution in [0.1, 0.15) is 6.42 Å². The number of amides is 1. The molecule has 2 rings (SSSR count). The molecule has 0 radical (unpaired) electrons. The van der Waals surface area contributed by atoms with E-state index in [0.717, 1.165) is 12.2 Å². The quantitative estimate of drug-likeness (QED) is 0.402. The van der Waals surface area contributed by atoms with Crippen molar-refractivity contribution in [2.75, 3.05) is 5.75 Å². The monoisotopic (exact) mass is 175 g/mol. The minimum atomic E-state index is 0. The first-order chi connectivity index (χ1) is 4.38. The fraction of sp³-hybridized carbons (Fsp3) is 0.500. The standard InChI is InChI=1S/C6H7NOS.H3P/c8-5-4-6-7(5)2-1-3-9-6;/h1-2,6H,3-4H2;1H3/t6-;/m1./s1. The topological polar surface area (TPSA) is 20.3 Å². The van der Waals surface area contributed by atoms with Gasteiger partial charge in [-0.1, -0.05) is 6.08 Å². The van der Waals surface area contributed by atoms with E-state index in [4.69, 9.17) is 0 Å². The molecule has 2 heterocycles. The number of β-lactam (4-membered cyclic amide) rings is 1. The molecule has 10 heavy (non-hydrogen) atoms. The maximum atomic E-state index is 10.7. The highest BCUT2D eigenvalue weighted by Crippen LogP contribution is 2.32. The Balaban J connectivity index is 0.000000500. The van der Waals surface area contributed by atoms with Crippen LogP contribution >= 0.6 is 21.7 Å². The molecule has 4 heteroatoms. The molecular weight excluding hydrogens is 165 g/mol. The van der Waals surface area contributed by atoms with Gasteiger partial charge in [0.2, 0.25) is 5.91 Å². The maximum absolute atomic E-state index is 10.7. The maximum Gasteiger partial charge on any atom is 0.230 e. The molecule has 56 valence electrons. The van der Waals surface area contributed by atoms with E-state index in [9.17, 15) is 4.79 Å². The van der Waals surface area contributed by atoms with Gasteiger partial charge in [0.05, 0.1) is 11.8 Å². The number of carbonyl (C=O) groups is 1. The summed E-state index contributed by atoms with van der Waals surface area (Å²) in [7, 11) is 0. The van der Waals surface area contributed by atoms with Gasteiger partial charge in [0.1, 0.15) is 0 Å². The van der Waals surface area contributed by atoms with Crippen LogP contribution in [-0.4, -0.2) is 21.9 Å². The summed E-state index contributed by atoms with van der Waals surface area (Å²) in [4.78, 5) is 12.5. The van der Waals surface area contributed by atoms with Crippen LogP contribution in [0, 0.1) is 0 Å². The first-order valence-corrected chi connectivity index (χ1v) is 4.02. The highest BCUT2D eigenvalue weighted by atomic mass is 32.2. The molecule has 1 unspecified atom stereocenters. The van der Waals surface area contributed by atoms with Gasteiger partial charge in [-0.3, -0.25) is 4.79 Å². The second-order valence-electron chi connectivity index (χ2n) is 2.18. The lowest BCUT2D eigenvalue weighted by Crippen LogP contribution is -2.48. The largest absolute Gasteiger partial charge is 0.306 e. The highest BCUT2D eigenvalue weighted by Gasteiger charge is 2.35. The molecule has 0 saturated carbocycles. The van der Waals surface area contributed by atoms with Gasteiger partial charge in [0.25, 0.3) is 0 Å². The Morgan fingerprint density at radius 3 is 3.00 bits per heavy atom. The second-order valence-corrected chi connectivity index (χ2v) is 3.39. The summed E-state index contributed by atoms with van der Waals surface area (Å²) in [5.41, 5.74) is 0. The fourth-order valence-electron chi connectivity index (χ4n) is 1.04. The van der Waals surface area contributed by atoms with E-state index in [-0.39, 0.29) is 15.8 Å². The smallest absolute Gasteiger partial charge is 0.230 e. The summed E-state index contributed by atoms with van der Waals surface area (Å²) < 4.78 is 0. The second kappa shape index (κ2) is 2.93. The lowest BCUT2D eigenvalue weighted by molar-refractivity contribution is -0.137. The van der Waals surface area contributed by atoms with Gasteiger partial charge < -0.3 is 4.90 Å². The van der Waals surface area contributed by atoms with E-state index >= 15 is 0 Å². The third-order valence-corrected chi connectivity index (χ3v) is 2.76. The molecule has 2 aliphatic rings. The molecular formula is C6H10NOPS. The average molecular weight is 175 g/mol. The summed E-state index contributed by atoms with van der Waals surface area (Å²) in [6.07, 6.45) is 4.67. The van der Waals surface area contributed by atoms with Gasteiger partial charge >= 0.3 is 0 Å². The molecule has 0 aromatic heterocycles. The Hall–Kier alpha value is -0.0100. The van der Waals surface area contributed by atoms with Crippen molar-refractivity contribution in [3.05, 3.63) is 12.3 Å². The summed E-state index contributed by atoms with van der Waals surface area (Å²) in [6, 6.07) is 0. The predicted octanol–water partition coefficient (Wildman–Crippen LogP) is 0.863. The Labute approximate surface area is 67.7 Å². The molecule has 0 spiro atoms. The number of thioether (sulfide) groups is 1. The van der Waals surface area contributed by atoms with Gasteiger partial charge in [-0.15, -0.1) is 11.8 Å². The summed E-state index contributed by atoms with van der Waals surface area (Å²) >= 11 is 1.84. The zero-order valence-corrected chi connectivity index (χ0v) is 7.85. The van der Waals surface area contributed by atoms with E-state index in [1.165, 1.54) is 0 Å². The van der Waals surface area contributed by atoms with E-state index < -0.39 is 0 Å². The SMILES string of the molecule is O=C1C[C@H]2SCC=CN12.P. The van der Waals surface area contributed by atoms with Crippen molar-refractivity contribution in [1.29, 1.82) is 0 Å². The lowest BCUT2D eigenvalue weighted by atomic mass is 10.2. The van der Waals surface area contributed by atoms with Crippen LogP contribution in [0.4, 0.5) is 0 Å². The number of rotatable bonds is 0. The van der Waals surface area contributed by atoms with Crippen LogP contribution in [0.2, 0.25) is 0 Å². The van der Waals surface area contributed by atoms with Crippen LogP contribution in [0.3, 0.4) is 0 Å². The van der Waals surface area contributed by atoms with Gasteiger partial charge in [0, 0.05) is 12.0 Å². The average Bonchev–Trinajstić information content (AvgIpc) is 1.86. The van der Waals surface area contributed by atoms with Crippen molar-refractivity contribution in [1.82, 2.24) is 4.90 Å². The molecule has 0 bridgehead atoms. The third kappa shape index (κ3) is 1.08. The Morgan fingerprint density at radius 1 is 1.70 bits per heavy atom. The van der Waals surface area contributed by atoms with E-state index in [2.05, 4.69) is 0 Å². The molecule has 2 aliphatic heterocycles. The molecule has 2 nitrogen and oxygen atoms in total. The van der Waals surface area contributed by atoms with Crippen LogP contribution < -0.4 is 0 Å². The van der Waals surface area contributed by atoms with Crippen molar-refractivity contribution in [2.45, 2.75) is 11.8 Å². The van der Waals surface area contributed by atoms with Crippen molar-refractivity contribution < 1.29 is 4.79 Å². The van der Waals surface area contributed by atoms with Gasteiger partial charge in [0.15, 0.2) is 0 Å². The zero-order chi connectivity index (χ0) is 6.27. The zero-order valence-electron chi connectivity index (χ0n) is 5.62. The normalized spacial score (nSPS) is 28.6. The first-order valence-electron chi connectivity index (χ1n) is 2.97. The van der Waals surface area contributed by atoms with Crippen LogP contribution in [0.25, 0.3) is 0 Å². The Kier molecular flexibility index (Phi) is 2.37. The van der Waals surface area contributed by atoms with Gasteiger partial charge in [-0.2, -0.15) is 9.90 Å². The molecule has 1 saturated heterocycles. The number of fused-ring (bicyclic) bond motifs is 1. The molecule has 0 N–H and O–H groups in total. The van der Waals surface area contributed by atoms with Crippen LogP contribution in [0.15, 0.2) is 12.3 Å². The number of hydrogen-bond donors (Lipinski definition) is 0. The van der Waals surface area contributed by atoms with Crippen molar-refractivity contribution >= 4 is 27.6 Å². The van der Waals surface area contributed by atoms with E-state index in [1.807, 2.05) is 24.0 Å². The molecule has 0 aromatic rings. The minimum absolute atomic E-state index is 0. The van der Waals surface area contributed by atoms with Gasteiger partial charge in [-0.05, 0) is 0 Å². The molecule has 2 atom stereocenters. The molecule has 0 aromatic carbocycles. The Morgan fingerprint density at radius 2 is 2.50 bits per heavy atom. The van der Waals surface area contributed by atoms with Crippen LogP contribution in [0.5, 0.6) is 0 Å². The lowest BCUT2D eigenvalue weighted by Gasteiger charge is -2.39. The highest BCUT2D eigenvalue weighted by molar-refractivity contribution is 8.00. The molecule has 1 fully saturated rings. The van der Waals surface area contributed by atoms with E-state index in [0.29, 0.717) is 5.37 Å². The number of nitrogens with zero attached hydrogens (tertiary/aromatic N) is 1. The Bertz CT molecular complexity index is 183. The summed E-state index contributed by atoms with van der Waals surface area (Å²) in [5.74, 6) is 1.33. The number of carbonyl (C=O) groups excluding carboxylic acids is 1. The van der Waals surface area contributed by atoms with E-state index in [1.54, 1.807) is 4.90 Å².